The van der Waals surface area contributed by atoms with Gasteiger partial charge in [-0.05, 0) is 38.0 Å². The highest BCUT2D eigenvalue weighted by atomic mass is 16.5. The minimum atomic E-state index is -1.04. The number of rotatable bonds is 3. The van der Waals surface area contributed by atoms with E-state index >= 15 is 0 Å². The molecule has 0 aromatic heterocycles. The Balaban J connectivity index is 2.13. The summed E-state index contributed by atoms with van der Waals surface area (Å²) < 4.78 is 9.98. The molecule has 0 bridgehead atoms. The van der Waals surface area contributed by atoms with Crippen molar-refractivity contribution in [2.75, 3.05) is 31.7 Å². The molecular formula is C19H22N2O6. The van der Waals surface area contributed by atoms with Gasteiger partial charge in [-0.1, -0.05) is 6.07 Å². The molecule has 27 heavy (non-hydrogen) atoms. The van der Waals surface area contributed by atoms with Crippen LogP contribution in [0.5, 0.6) is 0 Å². The number of hydrogen-bond donors (Lipinski definition) is 0. The summed E-state index contributed by atoms with van der Waals surface area (Å²) in [6, 6.07) is 4.03. The molecule has 2 amide bonds. The number of ether oxygens (including phenoxy) is 2. The molecule has 2 aliphatic rings. The summed E-state index contributed by atoms with van der Waals surface area (Å²) in [5, 5.41) is 0. The van der Waals surface area contributed by atoms with Crippen LogP contribution < -0.4 is 4.90 Å². The molecule has 0 radical (unpaired) electrons. The van der Waals surface area contributed by atoms with E-state index in [4.69, 9.17) is 9.47 Å². The molecule has 2 aliphatic heterocycles. The van der Waals surface area contributed by atoms with Gasteiger partial charge in [-0.2, -0.15) is 0 Å². The summed E-state index contributed by atoms with van der Waals surface area (Å²) >= 11 is 0. The average molecular weight is 374 g/mol. The quantitative estimate of drug-likeness (QED) is 0.581. The highest BCUT2D eigenvalue weighted by Crippen LogP contribution is 2.43. The van der Waals surface area contributed by atoms with E-state index < -0.39 is 23.9 Å². The standard InChI is InChI=1S/C19H22N2O6/c1-4-26-18(24)14-9-11-10-20(3)16(22)12-7-6-8-13(15(11)12)21(14)17(23)19(25)27-5-2/h6-8,11,14H,4-5,9-10H2,1-3H3/t11-,14-/m0/s1. The van der Waals surface area contributed by atoms with Crippen molar-refractivity contribution in [1.82, 2.24) is 4.90 Å². The molecule has 1 aromatic carbocycles. The van der Waals surface area contributed by atoms with Crippen LogP contribution in [-0.4, -0.2) is 61.5 Å². The Morgan fingerprint density at radius 3 is 2.52 bits per heavy atom. The zero-order chi connectivity index (χ0) is 19.7. The largest absolute Gasteiger partial charge is 0.464 e. The minimum absolute atomic E-state index is 0.0429. The molecule has 3 rings (SSSR count). The maximum absolute atomic E-state index is 12.8. The highest BCUT2D eigenvalue weighted by Gasteiger charge is 2.46. The fourth-order valence-electron chi connectivity index (χ4n) is 3.81. The van der Waals surface area contributed by atoms with Crippen molar-refractivity contribution >= 4 is 29.4 Å². The van der Waals surface area contributed by atoms with Gasteiger partial charge in [0.1, 0.15) is 6.04 Å². The number of anilines is 1. The van der Waals surface area contributed by atoms with Crippen LogP contribution in [0.1, 0.15) is 42.1 Å². The van der Waals surface area contributed by atoms with Gasteiger partial charge >= 0.3 is 17.8 Å². The molecule has 0 unspecified atom stereocenters. The van der Waals surface area contributed by atoms with E-state index in [1.165, 1.54) is 0 Å². The molecular weight excluding hydrogens is 352 g/mol. The Bertz CT molecular complexity index is 805. The first-order chi connectivity index (χ1) is 12.9. The van der Waals surface area contributed by atoms with Crippen LogP contribution in [0.25, 0.3) is 0 Å². The van der Waals surface area contributed by atoms with Crippen molar-refractivity contribution in [1.29, 1.82) is 0 Å². The van der Waals surface area contributed by atoms with Gasteiger partial charge in [0.2, 0.25) is 0 Å². The first kappa shape index (κ1) is 18.9. The molecule has 8 nitrogen and oxygen atoms in total. The van der Waals surface area contributed by atoms with Crippen molar-refractivity contribution in [2.45, 2.75) is 32.2 Å². The van der Waals surface area contributed by atoms with Crippen molar-refractivity contribution in [3.8, 4) is 0 Å². The number of carbonyl (C=O) groups excluding carboxylic acids is 4. The number of carbonyl (C=O) groups is 4. The Morgan fingerprint density at radius 2 is 1.85 bits per heavy atom. The Kier molecular flexibility index (Phi) is 5.16. The second-order valence-electron chi connectivity index (χ2n) is 6.52. The van der Waals surface area contributed by atoms with Crippen LogP contribution in [0, 0.1) is 0 Å². The van der Waals surface area contributed by atoms with E-state index in [9.17, 15) is 19.2 Å². The zero-order valence-electron chi connectivity index (χ0n) is 15.6. The Morgan fingerprint density at radius 1 is 1.15 bits per heavy atom. The monoisotopic (exact) mass is 374 g/mol. The molecule has 0 saturated carbocycles. The molecule has 144 valence electrons. The lowest BCUT2D eigenvalue weighted by Gasteiger charge is -2.43. The number of amides is 2. The van der Waals surface area contributed by atoms with Gasteiger partial charge in [0.25, 0.3) is 5.91 Å². The first-order valence-electron chi connectivity index (χ1n) is 8.95. The normalized spacial score (nSPS) is 20.8. The van der Waals surface area contributed by atoms with Crippen molar-refractivity contribution in [2.24, 2.45) is 0 Å². The molecule has 1 aromatic rings. The Labute approximate surface area is 157 Å². The van der Waals surface area contributed by atoms with E-state index in [-0.39, 0.29) is 31.5 Å². The number of likely N-dealkylation sites (N-methyl/N-ethyl adjacent to an activating group) is 1. The van der Waals surface area contributed by atoms with Gasteiger partial charge in [-0.3, -0.25) is 14.5 Å². The lowest BCUT2D eigenvalue weighted by atomic mass is 9.79. The SMILES string of the molecule is CCOC(=O)C(=O)N1c2cccc3c2[C@@H](C[C@H]1C(=O)OCC)CN(C)C3=O. The second kappa shape index (κ2) is 7.38. The van der Waals surface area contributed by atoms with Crippen LogP contribution >= 0.6 is 0 Å². The fourth-order valence-corrected chi connectivity index (χ4v) is 3.81. The van der Waals surface area contributed by atoms with Crippen LogP contribution in [0.2, 0.25) is 0 Å². The van der Waals surface area contributed by atoms with Crippen LogP contribution in [0.4, 0.5) is 5.69 Å². The summed E-state index contributed by atoms with van der Waals surface area (Å²) in [6.07, 6.45) is 0.269. The third kappa shape index (κ3) is 3.15. The second-order valence-corrected chi connectivity index (χ2v) is 6.52. The number of esters is 2. The van der Waals surface area contributed by atoms with Gasteiger partial charge in [-0.15, -0.1) is 0 Å². The number of benzene rings is 1. The molecule has 0 aliphatic carbocycles. The van der Waals surface area contributed by atoms with E-state index in [2.05, 4.69) is 0 Å². The molecule has 0 saturated heterocycles. The number of hydrogen-bond acceptors (Lipinski definition) is 6. The average Bonchev–Trinajstić information content (AvgIpc) is 2.65. The predicted molar refractivity (Wildman–Crippen MR) is 95.3 cm³/mol. The molecule has 0 N–H and O–H groups in total. The van der Waals surface area contributed by atoms with Gasteiger partial charge in [-0.25, -0.2) is 9.59 Å². The molecule has 0 fully saturated rings. The summed E-state index contributed by atoms with van der Waals surface area (Å²) in [6.45, 7) is 3.91. The smallest absolute Gasteiger partial charge is 0.397 e. The maximum atomic E-state index is 12.8. The Hall–Kier alpha value is -2.90. The van der Waals surface area contributed by atoms with Crippen molar-refractivity contribution in [3.63, 3.8) is 0 Å². The summed E-state index contributed by atoms with van der Waals surface area (Å²) in [7, 11) is 1.70. The fraction of sp³-hybridized carbons (Fsp3) is 0.474. The molecule has 2 atom stereocenters. The minimum Gasteiger partial charge on any atom is -0.464 e. The molecule has 0 spiro atoms. The van der Waals surface area contributed by atoms with Gasteiger partial charge in [0.05, 0.1) is 13.2 Å². The lowest BCUT2D eigenvalue weighted by molar-refractivity contribution is -0.155. The molecule has 8 heteroatoms. The zero-order valence-corrected chi connectivity index (χ0v) is 15.6. The van der Waals surface area contributed by atoms with E-state index in [1.54, 1.807) is 44.0 Å². The molecule has 2 heterocycles. The third-order valence-corrected chi connectivity index (χ3v) is 4.87. The van der Waals surface area contributed by atoms with Crippen LogP contribution in [-0.2, 0) is 23.9 Å². The predicted octanol–water partition coefficient (Wildman–Crippen LogP) is 1.09. The van der Waals surface area contributed by atoms with Gasteiger partial charge in [0, 0.05) is 30.8 Å². The topological polar surface area (TPSA) is 93.2 Å². The van der Waals surface area contributed by atoms with Crippen LogP contribution in [0.15, 0.2) is 18.2 Å². The van der Waals surface area contributed by atoms with Crippen molar-refractivity contribution < 1.29 is 28.7 Å². The summed E-state index contributed by atoms with van der Waals surface area (Å²) in [5.41, 5.74) is 1.57. The summed E-state index contributed by atoms with van der Waals surface area (Å²) in [5.74, 6) is -2.83. The lowest BCUT2D eigenvalue weighted by Crippen LogP contribution is -2.54. The third-order valence-electron chi connectivity index (χ3n) is 4.87. The first-order valence-corrected chi connectivity index (χ1v) is 8.95. The summed E-state index contributed by atoms with van der Waals surface area (Å²) in [4.78, 5) is 52.7. The number of nitrogens with zero attached hydrogens (tertiary/aromatic N) is 2. The van der Waals surface area contributed by atoms with Gasteiger partial charge < -0.3 is 14.4 Å². The van der Waals surface area contributed by atoms with E-state index in [0.717, 1.165) is 4.90 Å². The van der Waals surface area contributed by atoms with Crippen molar-refractivity contribution in [3.05, 3.63) is 29.3 Å². The van der Waals surface area contributed by atoms with Gasteiger partial charge in [0.15, 0.2) is 0 Å². The van der Waals surface area contributed by atoms with Crippen LogP contribution in [0.3, 0.4) is 0 Å². The highest BCUT2D eigenvalue weighted by molar-refractivity contribution is 6.39. The van der Waals surface area contributed by atoms with E-state index in [1.807, 2.05) is 0 Å². The maximum Gasteiger partial charge on any atom is 0.397 e. The van der Waals surface area contributed by atoms with E-state index in [0.29, 0.717) is 23.4 Å².